The summed E-state index contributed by atoms with van der Waals surface area (Å²) < 4.78 is 13.6. The fourth-order valence-corrected chi connectivity index (χ4v) is 1.96. The number of aryl methyl sites for hydroxylation is 1. The maximum absolute atomic E-state index is 13.6. The number of hydrogen-bond donors (Lipinski definition) is 2. The molecule has 0 spiro atoms. The monoisotopic (exact) mass is 294 g/mol. The van der Waals surface area contributed by atoms with E-state index < -0.39 is 0 Å². The van der Waals surface area contributed by atoms with Gasteiger partial charge in [0.15, 0.2) is 5.96 Å². The molecule has 0 amide bonds. The number of nitrogens with zero attached hydrogens (tertiary/aromatic N) is 2. The molecule has 1 atom stereocenters. The normalized spacial score (nSPS) is 13.4. The van der Waals surface area contributed by atoms with Crippen molar-refractivity contribution in [3.63, 3.8) is 0 Å². The first-order chi connectivity index (χ1) is 9.93. The molecule has 0 aliphatic heterocycles. The molecule has 0 aliphatic carbocycles. The predicted molar refractivity (Wildman–Crippen MR) is 87.2 cm³/mol. The highest BCUT2D eigenvalue weighted by Gasteiger charge is 2.09. The summed E-state index contributed by atoms with van der Waals surface area (Å²) in [5.74, 6) is 0.567. The summed E-state index contributed by atoms with van der Waals surface area (Å²) in [6, 6.07) is 5.32. The van der Waals surface area contributed by atoms with Gasteiger partial charge in [-0.2, -0.15) is 0 Å². The van der Waals surface area contributed by atoms with Gasteiger partial charge in [0.2, 0.25) is 0 Å². The van der Waals surface area contributed by atoms with Crippen LogP contribution >= 0.6 is 0 Å². The third-order valence-electron chi connectivity index (χ3n) is 3.35. The lowest BCUT2D eigenvalue weighted by molar-refractivity contribution is 0.399. The summed E-state index contributed by atoms with van der Waals surface area (Å²) in [4.78, 5) is 6.35. The van der Waals surface area contributed by atoms with Crippen LogP contribution in [0, 0.1) is 12.7 Å². The van der Waals surface area contributed by atoms with Gasteiger partial charge in [0.1, 0.15) is 5.82 Å². The number of halogens is 1. The molecule has 0 bridgehead atoms. The second-order valence-electron chi connectivity index (χ2n) is 5.53. The summed E-state index contributed by atoms with van der Waals surface area (Å²) in [5.41, 5.74) is 1.58. The first-order valence-corrected chi connectivity index (χ1v) is 7.32. The van der Waals surface area contributed by atoms with Crippen molar-refractivity contribution in [2.45, 2.75) is 26.3 Å². The van der Waals surface area contributed by atoms with Gasteiger partial charge in [-0.15, -0.1) is 0 Å². The molecule has 1 aromatic carbocycles. The van der Waals surface area contributed by atoms with Gasteiger partial charge in [-0.3, -0.25) is 4.99 Å². The molecule has 2 N–H and O–H groups in total. The average molecular weight is 294 g/mol. The molecule has 0 fully saturated rings. The standard InChI is InChI=1S/C16H27FN4/c1-12-7-8-14(11-15(12)17)13(2)20-16(18-3)19-9-6-10-21(4)5/h7-8,11,13H,6,9-10H2,1-5H3,(H2,18,19,20). The van der Waals surface area contributed by atoms with Crippen LogP contribution in [0.3, 0.4) is 0 Å². The van der Waals surface area contributed by atoms with Gasteiger partial charge < -0.3 is 15.5 Å². The van der Waals surface area contributed by atoms with Crippen molar-refractivity contribution in [1.82, 2.24) is 15.5 Å². The molecule has 5 heteroatoms. The van der Waals surface area contributed by atoms with Crippen LogP contribution in [0.4, 0.5) is 4.39 Å². The fraction of sp³-hybridized carbons (Fsp3) is 0.562. The Kier molecular flexibility index (Phi) is 7.15. The molecule has 0 radical (unpaired) electrons. The Morgan fingerprint density at radius 1 is 1.38 bits per heavy atom. The van der Waals surface area contributed by atoms with E-state index in [9.17, 15) is 4.39 Å². The second kappa shape index (κ2) is 8.62. The van der Waals surface area contributed by atoms with Crippen LogP contribution in [-0.2, 0) is 0 Å². The number of hydrogen-bond acceptors (Lipinski definition) is 2. The summed E-state index contributed by atoms with van der Waals surface area (Å²) in [6.45, 7) is 5.65. The van der Waals surface area contributed by atoms with Crippen molar-refractivity contribution in [3.05, 3.63) is 35.1 Å². The van der Waals surface area contributed by atoms with E-state index in [4.69, 9.17) is 0 Å². The van der Waals surface area contributed by atoms with E-state index in [0.717, 1.165) is 31.0 Å². The number of benzene rings is 1. The number of nitrogens with one attached hydrogen (secondary N) is 2. The molecule has 118 valence electrons. The maximum atomic E-state index is 13.6. The average Bonchev–Trinajstić information content (AvgIpc) is 2.44. The lowest BCUT2D eigenvalue weighted by atomic mass is 10.1. The smallest absolute Gasteiger partial charge is 0.191 e. The van der Waals surface area contributed by atoms with Crippen LogP contribution in [0.25, 0.3) is 0 Å². The van der Waals surface area contributed by atoms with Crippen LogP contribution < -0.4 is 10.6 Å². The molecule has 0 aromatic heterocycles. The van der Waals surface area contributed by atoms with Gasteiger partial charge in [0.25, 0.3) is 0 Å². The predicted octanol–water partition coefficient (Wildman–Crippen LogP) is 2.31. The zero-order chi connectivity index (χ0) is 15.8. The SMILES string of the molecule is CN=C(NCCCN(C)C)NC(C)c1ccc(C)c(F)c1. The Hall–Kier alpha value is -1.62. The topological polar surface area (TPSA) is 39.7 Å². The van der Waals surface area contributed by atoms with Gasteiger partial charge in [-0.05, 0) is 58.1 Å². The van der Waals surface area contributed by atoms with Crippen LogP contribution in [0.1, 0.15) is 30.5 Å². The van der Waals surface area contributed by atoms with Crippen molar-refractivity contribution in [2.24, 2.45) is 4.99 Å². The number of rotatable bonds is 6. The van der Waals surface area contributed by atoms with E-state index >= 15 is 0 Å². The van der Waals surface area contributed by atoms with Gasteiger partial charge in [-0.25, -0.2) is 4.39 Å². The minimum atomic E-state index is -0.171. The van der Waals surface area contributed by atoms with E-state index in [0.29, 0.717) is 5.56 Å². The van der Waals surface area contributed by atoms with E-state index in [1.807, 2.05) is 13.0 Å². The van der Waals surface area contributed by atoms with Crippen molar-refractivity contribution >= 4 is 5.96 Å². The lowest BCUT2D eigenvalue weighted by Gasteiger charge is -2.19. The van der Waals surface area contributed by atoms with Gasteiger partial charge in [0, 0.05) is 13.6 Å². The van der Waals surface area contributed by atoms with Gasteiger partial charge in [-0.1, -0.05) is 12.1 Å². The molecular weight excluding hydrogens is 267 g/mol. The molecule has 0 saturated carbocycles. The Balaban J connectivity index is 2.50. The summed E-state index contributed by atoms with van der Waals surface area (Å²) in [7, 11) is 5.85. The third-order valence-corrected chi connectivity index (χ3v) is 3.35. The minimum Gasteiger partial charge on any atom is -0.356 e. The molecule has 4 nitrogen and oxygen atoms in total. The molecule has 1 unspecified atom stereocenters. The Morgan fingerprint density at radius 2 is 2.10 bits per heavy atom. The Bertz CT molecular complexity index is 471. The number of guanidine groups is 1. The van der Waals surface area contributed by atoms with E-state index in [-0.39, 0.29) is 11.9 Å². The second-order valence-corrected chi connectivity index (χ2v) is 5.53. The van der Waals surface area contributed by atoms with Gasteiger partial charge >= 0.3 is 0 Å². The summed E-state index contributed by atoms with van der Waals surface area (Å²) in [6.07, 6.45) is 1.04. The zero-order valence-corrected chi connectivity index (χ0v) is 13.7. The highest BCUT2D eigenvalue weighted by Crippen LogP contribution is 2.16. The van der Waals surface area contributed by atoms with Crippen molar-refractivity contribution in [1.29, 1.82) is 0 Å². The van der Waals surface area contributed by atoms with Crippen molar-refractivity contribution < 1.29 is 4.39 Å². The highest BCUT2D eigenvalue weighted by molar-refractivity contribution is 5.80. The first-order valence-electron chi connectivity index (χ1n) is 7.32. The van der Waals surface area contributed by atoms with E-state index in [2.05, 4.69) is 34.6 Å². The number of aliphatic imine (C=N–C) groups is 1. The quantitative estimate of drug-likeness (QED) is 0.480. The van der Waals surface area contributed by atoms with Crippen LogP contribution in [0.2, 0.25) is 0 Å². The fourth-order valence-electron chi connectivity index (χ4n) is 1.96. The summed E-state index contributed by atoms with van der Waals surface area (Å²) in [5, 5.41) is 6.55. The van der Waals surface area contributed by atoms with Crippen LogP contribution in [-0.4, -0.2) is 45.1 Å². The van der Waals surface area contributed by atoms with Crippen LogP contribution in [0.5, 0.6) is 0 Å². The maximum Gasteiger partial charge on any atom is 0.191 e. The minimum absolute atomic E-state index is 0.000138. The van der Waals surface area contributed by atoms with Crippen molar-refractivity contribution in [2.75, 3.05) is 34.2 Å². The summed E-state index contributed by atoms with van der Waals surface area (Å²) >= 11 is 0. The molecule has 21 heavy (non-hydrogen) atoms. The molecule has 0 heterocycles. The Labute approximate surface area is 127 Å². The molecule has 1 aromatic rings. The Morgan fingerprint density at radius 3 is 2.67 bits per heavy atom. The highest BCUT2D eigenvalue weighted by atomic mass is 19.1. The largest absolute Gasteiger partial charge is 0.356 e. The third kappa shape index (κ3) is 6.12. The molecule has 0 saturated heterocycles. The van der Waals surface area contributed by atoms with E-state index in [1.54, 1.807) is 26.1 Å². The van der Waals surface area contributed by atoms with Crippen molar-refractivity contribution in [3.8, 4) is 0 Å². The van der Waals surface area contributed by atoms with Crippen LogP contribution in [0.15, 0.2) is 23.2 Å². The molecular formula is C16H27FN4. The lowest BCUT2D eigenvalue weighted by Crippen LogP contribution is -2.39. The first kappa shape index (κ1) is 17.4. The molecule has 0 aliphatic rings. The zero-order valence-electron chi connectivity index (χ0n) is 13.7. The molecule has 1 rings (SSSR count). The van der Waals surface area contributed by atoms with E-state index in [1.165, 1.54) is 0 Å². The van der Waals surface area contributed by atoms with Gasteiger partial charge in [0.05, 0.1) is 6.04 Å².